The standard InChI is InChI=1S/C14H10Br2O2/c15-7-1-3-9-11(5-7)12-6-8(16)2-4-10(12)14(18)13(9)17/h1,3,5-6,13,17H,2,4H2. The van der Waals surface area contributed by atoms with Crippen molar-refractivity contribution in [1.82, 2.24) is 0 Å². The number of aliphatic hydroxyl groups is 1. The van der Waals surface area contributed by atoms with Crippen LogP contribution in [-0.2, 0) is 4.79 Å². The average Bonchev–Trinajstić information content (AvgIpc) is 2.36. The zero-order valence-corrected chi connectivity index (χ0v) is 12.6. The van der Waals surface area contributed by atoms with Crippen molar-refractivity contribution in [2.24, 2.45) is 0 Å². The number of benzene rings is 1. The molecule has 1 N–H and O–H groups in total. The summed E-state index contributed by atoms with van der Waals surface area (Å²) in [6.45, 7) is 0. The van der Waals surface area contributed by atoms with Crippen LogP contribution in [0.3, 0.4) is 0 Å². The molecule has 0 spiro atoms. The van der Waals surface area contributed by atoms with Gasteiger partial charge in [0.05, 0.1) is 0 Å². The molecule has 0 saturated heterocycles. The van der Waals surface area contributed by atoms with Gasteiger partial charge in [-0.2, -0.15) is 0 Å². The summed E-state index contributed by atoms with van der Waals surface area (Å²) < 4.78 is 2.04. The molecule has 0 radical (unpaired) electrons. The normalized spacial score (nSPS) is 22.5. The number of carbonyl (C=O) groups excluding carboxylic acids is 1. The van der Waals surface area contributed by atoms with Crippen molar-refractivity contribution in [3.05, 3.63) is 49.9 Å². The van der Waals surface area contributed by atoms with Crippen LogP contribution in [0, 0.1) is 0 Å². The Balaban J connectivity index is 2.29. The Morgan fingerprint density at radius 1 is 1.22 bits per heavy atom. The summed E-state index contributed by atoms with van der Waals surface area (Å²) in [4.78, 5) is 12.1. The predicted molar refractivity (Wildman–Crippen MR) is 77.3 cm³/mol. The summed E-state index contributed by atoms with van der Waals surface area (Å²) in [6.07, 6.45) is 2.49. The molecule has 1 aromatic carbocycles. The maximum Gasteiger partial charge on any atom is 0.192 e. The second kappa shape index (κ2) is 4.44. The Kier molecular flexibility index (Phi) is 3.04. The molecule has 3 rings (SSSR count). The highest BCUT2D eigenvalue weighted by molar-refractivity contribution is 9.11. The molecule has 4 heteroatoms. The van der Waals surface area contributed by atoms with E-state index in [0.717, 1.165) is 32.1 Å². The Morgan fingerprint density at radius 3 is 2.78 bits per heavy atom. The van der Waals surface area contributed by atoms with Crippen molar-refractivity contribution < 1.29 is 9.90 Å². The smallest absolute Gasteiger partial charge is 0.192 e. The fourth-order valence-corrected chi connectivity index (χ4v) is 3.29. The molecule has 2 nitrogen and oxygen atoms in total. The number of rotatable bonds is 0. The van der Waals surface area contributed by atoms with Gasteiger partial charge in [-0.05, 0) is 52.2 Å². The highest BCUT2D eigenvalue weighted by atomic mass is 79.9. The number of fused-ring (bicyclic) bond motifs is 2. The summed E-state index contributed by atoms with van der Waals surface area (Å²) in [5.41, 5.74) is 3.33. The van der Waals surface area contributed by atoms with E-state index >= 15 is 0 Å². The summed E-state index contributed by atoms with van der Waals surface area (Å²) in [7, 11) is 0. The molecule has 0 heterocycles. The van der Waals surface area contributed by atoms with Crippen molar-refractivity contribution in [2.75, 3.05) is 0 Å². The van der Waals surface area contributed by atoms with Gasteiger partial charge in [0, 0.05) is 10.0 Å². The van der Waals surface area contributed by atoms with E-state index in [1.54, 1.807) is 0 Å². The maximum absolute atomic E-state index is 12.1. The molecule has 18 heavy (non-hydrogen) atoms. The van der Waals surface area contributed by atoms with Gasteiger partial charge in [0.25, 0.3) is 0 Å². The lowest BCUT2D eigenvalue weighted by Crippen LogP contribution is -2.22. The first-order valence-electron chi connectivity index (χ1n) is 5.69. The van der Waals surface area contributed by atoms with Crippen molar-refractivity contribution in [1.29, 1.82) is 0 Å². The van der Waals surface area contributed by atoms with Gasteiger partial charge in [-0.25, -0.2) is 0 Å². The van der Waals surface area contributed by atoms with Gasteiger partial charge in [0.1, 0.15) is 6.10 Å². The molecular weight excluding hydrogens is 360 g/mol. The number of ketones is 1. The van der Waals surface area contributed by atoms with Crippen molar-refractivity contribution >= 4 is 43.2 Å². The second-order valence-corrected chi connectivity index (χ2v) is 6.42. The van der Waals surface area contributed by atoms with Crippen LogP contribution in [0.1, 0.15) is 30.1 Å². The number of carbonyl (C=O) groups is 1. The number of halogens is 2. The average molecular weight is 370 g/mol. The number of aliphatic hydroxyl groups excluding tert-OH is 1. The molecule has 2 aliphatic carbocycles. The Labute approximate surface area is 122 Å². The van der Waals surface area contributed by atoms with Crippen molar-refractivity contribution in [2.45, 2.75) is 18.9 Å². The van der Waals surface area contributed by atoms with Gasteiger partial charge >= 0.3 is 0 Å². The van der Waals surface area contributed by atoms with Crippen LogP contribution in [0.5, 0.6) is 0 Å². The second-order valence-electron chi connectivity index (χ2n) is 4.48. The first kappa shape index (κ1) is 12.3. The summed E-state index contributed by atoms with van der Waals surface area (Å²) in [5, 5.41) is 10.1. The fourth-order valence-electron chi connectivity index (χ4n) is 2.50. The molecule has 0 bridgehead atoms. The van der Waals surface area contributed by atoms with Gasteiger partial charge in [-0.3, -0.25) is 4.79 Å². The zero-order valence-electron chi connectivity index (χ0n) is 9.41. The molecule has 0 saturated carbocycles. The summed E-state index contributed by atoms with van der Waals surface area (Å²) in [5.74, 6) is -0.156. The van der Waals surface area contributed by atoms with Crippen LogP contribution in [0.4, 0.5) is 0 Å². The highest BCUT2D eigenvalue weighted by Crippen LogP contribution is 2.42. The van der Waals surface area contributed by atoms with Crippen LogP contribution in [0.2, 0.25) is 0 Å². The van der Waals surface area contributed by atoms with E-state index in [1.807, 2.05) is 24.3 Å². The molecule has 0 aliphatic heterocycles. The van der Waals surface area contributed by atoms with Gasteiger partial charge < -0.3 is 5.11 Å². The van der Waals surface area contributed by atoms with Gasteiger partial charge in [-0.1, -0.05) is 37.9 Å². The molecule has 1 aromatic rings. The van der Waals surface area contributed by atoms with Crippen molar-refractivity contribution in [3.63, 3.8) is 0 Å². The number of hydrogen-bond acceptors (Lipinski definition) is 2. The van der Waals surface area contributed by atoms with Crippen molar-refractivity contribution in [3.8, 4) is 0 Å². The predicted octanol–water partition coefficient (Wildman–Crippen LogP) is 3.89. The third-order valence-electron chi connectivity index (χ3n) is 3.39. The third-order valence-corrected chi connectivity index (χ3v) is 4.50. The molecular formula is C14H10Br2O2. The molecule has 0 amide bonds. The molecule has 92 valence electrons. The lowest BCUT2D eigenvalue weighted by molar-refractivity contribution is -0.123. The van der Waals surface area contributed by atoms with Crippen LogP contribution in [0.15, 0.2) is 38.8 Å². The molecule has 1 atom stereocenters. The van der Waals surface area contributed by atoms with E-state index in [9.17, 15) is 9.90 Å². The van der Waals surface area contributed by atoms with Crippen LogP contribution >= 0.6 is 31.9 Å². The van der Waals surface area contributed by atoms with Crippen LogP contribution in [0.25, 0.3) is 5.57 Å². The van der Waals surface area contributed by atoms with E-state index in [4.69, 9.17) is 0 Å². The maximum atomic E-state index is 12.1. The van der Waals surface area contributed by atoms with E-state index in [1.165, 1.54) is 0 Å². The third kappa shape index (κ3) is 1.83. The number of Topliss-reactive ketones (excluding diaryl/α,β-unsaturated/α-hetero) is 1. The molecule has 0 aromatic heterocycles. The zero-order chi connectivity index (χ0) is 12.9. The Hall–Kier alpha value is -0.710. The van der Waals surface area contributed by atoms with E-state index < -0.39 is 6.10 Å². The van der Waals surface area contributed by atoms with E-state index in [2.05, 4.69) is 31.9 Å². The highest BCUT2D eigenvalue weighted by Gasteiger charge is 2.33. The fraction of sp³-hybridized carbons (Fsp3) is 0.214. The lowest BCUT2D eigenvalue weighted by atomic mass is 9.79. The number of allylic oxidation sites excluding steroid dienone is 3. The monoisotopic (exact) mass is 368 g/mol. The van der Waals surface area contributed by atoms with Gasteiger partial charge in [0.2, 0.25) is 0 Å². The quantitative estimate of drug-likeness (QED) is 0.753. The van der Waals surface area contributed by atoms with Crippen LogP contribution < -0.4 is 0 Å². The molecule has 0 fully saturated rings. The lowest BCUT2D eigenvalue weighted by Gasteiger charge is -2.27. The Morgan fingerprint density at radius 2 is 2.00 bits per heavy atom. The van der Waals surface area contributed by atoms with Gasteiger partial charge in [-0.15, -0.1) is 0 Å². The summed E-state index contributed by atoms with van der Waals surface area (Å²) >= 11 is 6.93. The minimum atomic E-state index is -1.02. The largest absolute Gasteiger partial charge is 0.380 e. The molecule has 2 aliphatic rings. The first-order valence-corrected chi connectivity index (χ1v) is 7.28. The molecule has 1 unspecified atom stereocenters. The van der Waals surface area contributed by atoms with Crippen LogP contribution in [-0.4, -0.2) is 10.9 Å². The minimum absolute atomic E-state index is 0.156. The Bertz CT molecular complexity index is 614. The van der Waals surface area contributed by atoms with E-state index in [-0.39, 0.29) is 5.78 Å². The van der Waals surface area contributed by atoms with E-state index in [0.29, 0.717) is 12.0 Å². The first-order chi connectivity index (χ1) is 8.58. The minimum Gasteiger partial charge on any atom is -0.380 e. The SMILES string of the molecule is O=C1C2=C(C=C(Br)CC2)c2cc(Br)ccc2C1O. The number of hydrogen-bond donors (Lipinski definition) is 1. The topological polar surface area (TPSA) is 37.3 Å². The van der Waals surface area contributed by atoms with Gasteiger partial charge in [0.15, 0.2) is 5.78 Å². The summed E-state index contributed by atoms with van der Waals surface area (Å²) in [6, 6.07) is 5.62.